The van der Waals surface area contributed by atoms with Gasteiger partial charge >= 0.3 is 0 Å². The highest BCUT2D eigenvalue weighted by atomic mass is 16.2. The number of nitrogens with zero attached hydrogens (tertiary/aromatic N) is 3. The summed E-state index contributed by atoms with van der Waals surface area (Å²) in [5.41, 5.74) is 0.637. The number of aromatic nitrogens is 1. The van der Waals surface area contributed by atoms with Crippen molar-refractivity contribution in [3.8, 4) is 6.07 Å². The maximum absolute atomic E-state index is 11.8. The van der Waals surface area contributed by atoms with E-state index in [1.165, 1.54) is 18.3 Å². The van der Waals surface area contributed by atoms with E-state index in [2.05, 4.69) is 10.3 Å². The zero-order chi connectivity index (χ0) is 15.0. The Morgan fingerprint density at radius 1 is 1.35 bits per heavy atom. The molecule has 0 atom stereocenters. The lowest BCUT2D eigenvalue weighted by Crippen LogP contribution is -2.34. The van der Waals surface area contributed by atoms with Crippen molar-refractivity contribution < 1.29 is 9.59 Å². The van der Waals surface area contributed by atoms with E-state index in [-0.39, 0.29) is 30.5 Å². The van der Waals surface area contributed by atoms with Gasteiger partial charge in [0.05, 0.1) is 5.56 Å². The van der Waals surface area contributed by atoms with Crippen LogP contribution in [0.1, 0.15) is 36.3 Å². The van der Waals surface area contributed by atoms with Crippen LogP contribution in [0.2, 0.25) is 0 Å². The Labute approximate surface area is 118 Å². The second-order valence-electron chi connectivity index (χ2n) is 4.12. The third kappa shape index (κ3) is 4.35. The number of hydrogen-bond donors (Lipinski definition) is 1. The van der Waals surface area contributed by atoms with Crippen LogP contribution >= 0.6 is 0 Å². The molecule has 0 bridgehead atoms. The summed E-state index contributed by atoms with van der Waals surface area (Å²) in [5.74, 6) is -0.329. The van der Waals surface area contributed by atoms with Gasteiger partial charge in [-0.1, -0.05) is 0 Å². The fourth-order valence-corrected chi connectivity index (χ4v) is 1.70. The predicted octanol–water partition coefficient (Wildman–Crippen LogP) is 0.942. The highest BCUT2D eigenvalue weighted by Crippen LogP contribution is 1.99. The van der Waals surface area contributed by atoms with Crippen LogP contribution in [0.4, 0.5) is 0 Å². The molecule has 6 heteroatoms. The number of pyridine rings is 1. The van der Waals surface area contributed by atoms with Crippen LogP contribution in [0, 0.1) is 11.3 Å². The molecule has 1 heterocycles. The molecule has 0 saturated carbocycles. The SMILES string of the molecule is CCN(CC)C(=O)CCNC(=O)c1ccc(C#N)cn1. The first-order valence-electron chi connectivity index (χ1n) is 6.54. The van der Waals surface area contributed by atoms with E-state index in [0.29, 0.717) is 18.7 Å². The Morgan fingerprint density at radius 3 is 2.55 bits per heavy atom. The van der Waals surface area contributed by atoms with Gasteiger partial charge in [0.15, 0.2) is 0 Å². The number of nitriles is 1. The van der Waals surface area contributed by atoms with Gasteiger partial charge in [-0.3, -0.25) is 9.59 Å². The summed E-state index contributed by atoms with van der Waals surface area (Å²) in [6.07, 6.45) is 1.61. The van der Waals surface area contributed by atoms with Crippen LogP contribution < -0.4 is 5.32 Å². The van der Waals surface area contributed by atoms with Gasteiger partial charge in [0.1, 0.15) is 11.8 Å². The van der Waals surface area contributed by atoms with Crippen LogP contribution in [-0.4, -0.2) is 41.3 Å². The van der Waals surface area contributed by atoms with Gasteiger partial charge in [0.2, 0.25) is 5.91 Å². The number of amides is 2. The third-order valence-corrected chi connectivity index (χ3v) is 2.87. The quantitative estimate of drug-likeness (QED) is 0.836. The minimum Gasteiger partial charge on any atom is -0.350 e. The van der Waals surface area contributed by atoms with Crippen LogP contribution in [-0.2, 0) is 4.79 Å². The van der Waals surface area contributed by atoms with Crippen molar-refractivity contribution in [3.05, 3.63) is 29.6 Å². The first kappa shape index (κ1) is 15.6. The van der Waals surface area contributed by atoms with Crippen LogP contribution in [0.5, 0.6) is 0 Å². The molecule has 1 aromatic heterocycles. The average Bonchev–Trinajstić information content (AvgIpc) is 2.48. The van der Waals surface area contributed by atoms with Gasteiger partial charge in [-0.05, 0) is 26.0 Å². The lowest BCUT2D eigenvalue weighted by Gasteiger charge is -2.18. The highest BCUT2D eigenvalue weighted by molar-refractivity contribution is 5.92. The smallest absolute Gasteiger partial charge is 0.269 e. The number of hydrogen-bond acceptors (Lipinski definition) is 4. The maximum Gasteiger partial charge on any atom is 0.269 e. The molecule has 0 spiro atoms. The zero-order valence-corrected chi connectivity index (χ0v) is 11.7. The summed E-state index contributed by atoms with van der Waals surface area (Å²) in [7, 11) is 0. The second-order valence-corrected chi connectivity index (χ2v) is 4.12. The Hall–Kier alpha value is -2.42. The first-order valence-corrected chi connectivity index (χ1v) is 6.54. The average molecular weight is 274 g/mol. The molecule has 0 aromatic carbocycles. The lowest BCUT2D eigenvalue weighted by atomic mass is 10.2. The van der Waals surface area contributed by atoms with E-state index in [0.717, 1.165) is 0 Å². The van der Waals surface area contributed by atoms with Crippen molar-refractivity contribution in [3.63, 3.8) is 0 Å². The van der Waals surface area contributed by atoms with E-state index in [4.69, 9.17) is 5.26 Å². The molecular formula is C14H18N4O2. The zero-order valence-electron chi connectivity index (χ0n) is 11.7. The molecule has 0 aliphatic heterocycles. The maximum atomic E-state index is 11.8. The Bertz CT molecular complexity index is 501. The first-order chi connectivity index (χ1) is 9.62. The molecule has 1 rings (SSSR count). The summed E-state index contributed by atoms with van der Waals surface area (Å²) >= 11 is 0. The topological polar surface area (TPSA) is 86.1 Å². The number of nitrogens with one attached hydrogen (secondary N) is 1. The van der Waals surface area contributed by atoms with E-state index < -0.39 is 0 Å². The van der Waals surface area contributed by atoms with Gasteiger partial charge in [-0.2, -0.15) is 5.26 Å². The molecule has 1 aromatic rings. The summed E-state index contributed by atoms with van der Waals surface area (Å²) < 4.78 is 0. The molecule has 2 amide bonds. The van der Waals surface area contributed by atoms with Crippen molar-refractivity contribution in [2.75, 3.05) is 19.6 Å². The van der Waals surface area contributed by atoms with Crippen molar-refractivity contribution in [1.82, 2.24) is 15.2 Å². The third-order valence-electron chi connectivity index (χ3n) is 2.87. The van der Waals surface area contributed by atoms with E-state index >= 15 is 0 Å². The molecule has 0 aliphatic carbocycles. The molecule has 0 fully saturated rings. The fraction of sp³-hybridized carbons (Fsp3) is 0.429. The molecule has 6 nitrogen and oxygen atoms in total. The Kier molecular flexibility index (Phi) is 6.17. The Balaban J connectivity index is 2.43. The van der Waals surface area contributed by atoms with Crippen molar-refractivity contribution >= 4 is 11.8 Å². The van der Waals surface area contributed by atoms with Gasteiger partial charge in [-0.15, -0.1) is 0 Å². The number of rotatable bonds is 6. The van der Waals surface area contributed by atoms with Gasteiger partial charge in [0.25, 0.3) is 5.91 Å². The molecule has 0 radical (unpaired) electrons. The predicted molar refractivity (Wildman–Crippen MR) is 73.8 cm³/mol. The van der Waals surface area contributed by atoms with Gasteiger partial charge in [-0.25, -0.2) is 4.98 Å². The van der Waals surface area contributed by atoms with Gasteiger partial charge in [0, 0.05) is 32.3 Å². The molecule has 106 valence electrons. The summed E-state index contributed by atoms with van der Waals surface area (Å²) in [6, 6.07) is 4.95. The molecule has 20 heavy (non-hydrogen) atoms. The van der Waals surface area contributed by atoms with Crippen molar-refractivity contribution in [2.24, 2.45) is 0 Å². The largest absolute Gasteiger partial charge is 0.350 e. The molecule has 1 N–H and O–H groups in total. The normalized spacial score (nSPS) is 9.65. The van der Waals surface area contributed by atoms with Crippen LogP contribution in [0.15, 0.2) is 18.3 Å². The number of carbonyl (C=O) groups excluding carboxylic acids is 2. The van der Waals surface area contributed by atoms with Crippen molar-refractivity contribution in [2.45, 2.75) is 20.3 Å². The summed E-state index contributed by atoms with van der Waals surface area (Å²) in [4.78, 5) is 29.1. The lowest BCUT2D eigenvalue weighted by molar-refractivity contribution is -0.130. The Morgan fingerprint density at radius 2 is 2.05 bits per heavy atom. The van der Waals surface area contributed by atoms with Gasteiger partial charge < -0.3 is 10.2 Å². The molecule has 0 unspecified atom stereocenters. The number of carbonyl (C=O) groups is 2. The molecule has 0 aliphatic rings. The van der Waals surface area contributed by atoms with Crippen LogP contribution in [0.3, 0.4) is 0 Å². The molecular weight excluding hydrogens is 256 g/mol. The highest BCUT2D eigenvalue weighted by Gasteiger charge is 2.11. The summed E-state index contributed by atoms with van der Waals surface area (Å²) in [6.45, 7) is 5.44. The van der Waals surface area contributed by atoms with Crippen molar-refractivity contribution in [1.29, 1.82) is 5.26 Å². The monoisotopic (exact) mass is 274 g/mol. The standard InChI is InChI=1S/C14H18N4O2/c1-3-18(4-2)13(19)7-8-16-14(20)12-6-5-11(9-15)10-17-12/h5-6,10H,3-4,7-8H2,1-2H3,(H,16,20). The fourth-order valence-electron chi connectivity index (χ4n) is 1.70. The minimum absolute atomic E-state index is 0.0167. The molecule has 0 saturated heterocycles. The van der Waals surface area contributed by atoms with E-state index in [9.17, 15) is 9.59 Å². The van der Waals surface area contributed by atoms with E-state index in [1.807, 2.05) is 19.9 Å². The van der Waals surface area contributed by atoms with E-state index in [1.54, 1.807) is 4.90 Å². The van der Waals surface area contributed by atoms with Crippen LogP contribution in [0.25, 0.3) is 0 Å². The second kappa shape index (κ2) is 7.89. The summed E-state index contributed by atoms with van der Waals surface area (Å²) in [5, 5.41) is 11.3. The minimum atomic E-state index is -0.346.